The Morgan fingerprint density at radius 2 is 2.16 bits per heavy atom. The standard InChI is InChI=1S/C13H15ClN2O3/c1-8-3-11(16-19-8)7-15-6-9-4-10(14)5-12(18-2)13(9)17/h3-5,15,17H,6-7H2,1-2H3. The van der Waals surface area contributed by atoms with E-state index in [1.54, 1.807) is 12.1 Å². The minimum Gasteiger partial charge on any atom is -0.504 e. The highest BCUT2D eigenvalue weighted by Crippen LogP contribution is 2.33. The van der Waals surface area contributed by atoms with Crippen LogP contribution in [0.5, 0.6) is 11.5 Å². The van der Waals surface area contributed by atoms with Crippen molar-refractivity contribution in [2.45, 2.75) is 20.0 Å². The van der Waals surface area contributed by atoms with E-state index in [0.717, 1.165) is 11.5 Å². The predicted octanol–water partition coefficient (Wildman–Crippen LogP) is 2.64. The van der Waals surface area contributed by atoms with E-state index in [2.05, 4.69) is 10.5 Å². The molecule has 0 fully saturated rings. The third-order valence-corrected chi connectivity index (χ3v) is 2.86. The highest BCUT2D eigenvalue weighted by Gasteiger charge is 2.10. The lowest BCUT2D eigenvalue weighted by Gasteiger charge is -2.10. The summed E-state index contributed by atoms with van der Waals surface area (Å²) in [6, 6.07) is 5.12. The number of phenols is 1. The molecule has 0 aliphatic carbocycles. The fourth-order valence-electron chi connectivity index (χ4n) is 1.75. The number of phenolic OH excluding ortho intramolecular Hbond substituents is 1. The largest absolute Gasteiger partial charge is 0.504 e. The number of hydrogen-bond donors (Lipinski definition) is 2. The van der Waals surface area contributed by atoms with Crippen molar-refractivity contribution in [2.24, 2.45) is 0 Å². The van der Waals surface area contributed by atoms with Crippen LogP contribution in [0.25, 0.3) is 0 Å². The third-order valence-electron chi connectivity index (χ3n) is 2.64. The molecule has 0 unspecified atom stereocenters. The molecule has 0 aliphatic heterocycles. The molecule has 0 radical (unpaired) electrons. The Hall–Kier alpha value is -1.72. The first-order chi connectivity index (χ1) is 9.10. The maximum absolute atomic E-state index is 9.96. The molecule has 6 heteroatoms. The van der Waals surface area contributed by atoms with Crippen LogP contribution in [0.4, 0.5) is 0 Å². The second-order valence-corrected chi connectivity index (χ2v) is 4.58. The first-order valence-corrected chi connectivity index (χ1v) is 6.16. The zero-order valence-electron chi connectivity index (χ0n) is 10.7. The molecule has 0 aliphatic rings. The second-order valence-electron chi connectivity index (χ2n) is 4.15. The number of rotatable bonds is 5. The number of aryl methyl sites for hydroxylation is 1. The molecule has 2 rings (SSSR count). The summed E-state index contributed by atoms with van der Waals surface area (Å²) in [5.74, 6) is 1.22. The van der Waals surface area contributed by atoms with Crippen molar-refractivity contribution in [1.29, 1.82) is 0 Å². The molecule has 1 aromatic heterocycles. The number of hydrogen-bond acceptors (Lipinski definition) is 5. The fourth-order valence-corrected chi connectivity index (χ4v) is 1.98. The zero-order valence-corrected chi connectivity index (χ0v) is 11.5. The number of nitrogens with zero attached hydrogens (tertiary/aromatic N) is 1. The van der Waals surface area contributed by atoms with Gasteiger partial charge in [-0.3, -0.25) is 0 Å². The van der Waals surface area contributed by atoms with Crippen LogP contribution in [0.15, 0.2) is 22.7 Å². The van der Waals surface area contributed by atoms with Gasteiger partial charge in [-0.05, 0) is 13.0 Å². The Balaban J connectivity index is 2.01. The molecule has 1 heterocycles. The summed E-state index contributed by atoms with van der Waals surface area (Å²) in [7, 11) is 1.49. The fraction of sp³-hybridized carbons (Fsp3) is 0.308. The van der Waals surface area contributed by atoms with Crippen LogP contribution in [0.2, 0.25) is 5.02 Å². The molecular weight excluding hydrogens is 268 g/mol. The number of ether oxygens (including phenoxy) is 1. The Morgan fingerprint density at radius 3 is 2.79 bits per heavy atom. The lowest BCUT2D eigenvalue weighted by atomic mass is 10.2. The Morgan fingerprint density at radius 1 is 1.37 bits per heavy atom. The van der Waals surface area contributed by atoms with E-state index in [-0.39, 0.29) is 5.75 Å². The van der Waals surface area contributed by atoms with Crippen LogP contribution in [-0.4, -0.2) is 17.4 Å². The Bertz CT molecular complexity index is 569. The summed E-state index contributed by atoms with van der Waals surface area (Å²) in [5.41, 5.74) is 1.48. The van der Waals surface area contributed by atoms with E-state index in [9.17, 15) is 5.11 Å². The SMILES string of the molecule is COc1cc(Cl)cc(CNCc2cc(C)on2)c1O. The quantitative estimate of drug-likeness (QED) is 0.882. The third kappa shape index (κ3) is 3.39. The van der Waals surface area contributed by atoms with Gasteiger partial charge in [0.25, 0.3) is 0 Å². The summed E-state index contributed by atoms with van der Waals surface area (Å²) in [4.78, 5) is 0. The van der Waals surface area contributed by atoms with Gasteiger partial charge in [0.1, 0.15) is 5.76 Å². The number of halogens is 1. The average Bonchev–Trinajstić information content (AvgIpc) is 2.79. The van der Waals surface area contributed by atoms with E-state index >= 15 is 0 Å². The molecule has 0 amide bonds. The van der Waals surface area contributed by atoms with Gasteiger partial charge < -0.3 is 19.7 Å². The minimum absolute atomic E-state index is 0.0933. The zero-order chi connectivity index (χ0) is 13.8. The van der Waals surface area contributed by atoms with Gasteiger partial charge in [0.15, 0.2) is 11.5 Å². The van der Waals surface area contributed by atoms with Gasteiger partial charge in [-0.25, -0.2) is 0 Å². The van der Waals surface area contributed by atoms with Gasteiger partial charge in [-0.1, -0.05) is 16.8 Å². The number of methoxy groups -OCH3 is 1. The van der Waals surface area contributed by atoms with Gasteiger partial charge >= 0.3 is 0 Å². The van der Waals surface area contributed by atoms with Crippen LogP contribution in [0.3, 0.4) is 0 Å². The molecule has 1 aromatic carbocycles. The van der Waals surface area contributed by atoms with Gasteiger partial charge in [0.05, 0.1) is 12.8 Å². The van der Waals surface area contributed by atoms with E-state index in [4.69, 9.17) is 20.9 Å². The van der Waals surface area contributed by atoms with Crippen molar-refractivity contribution < 1.29 is 14.4 Å². The van der Waals surface area contributed by atoms with E-state index in [0.29, 0.717) is 29.4 Å². The molecule has 102 valence electrons. The lowest BCUT2D eigenvalue weighted by Crippen LogP contribution is -2.13. The normalized spacial score (nSPS) is 10.7. The van der Waals surface area contributed by atoms with Crippen LogP contribution in [0.1, 0.15) is 17.0 Å². The highest BCUT2D eigenvalue weighted by atomic mass is 35.5. The Kier molecular flexibility index (Phi) is 4.29. The molecule has 0 atom stereocenters. The Labute approximate surface area is 116 Å². The molecule has 0 saturated heterocycles. The summed E-state index contributed by atoms with van der Waals surface area (Å²) in [6.45, 7) is 2.84. The van der Waals surface area contributed by atoms with Crippen LogP contribution in [-0.2, 0) is 13.1 Å². The van der Waals surface area contributed by atoms with Crippen LogP contribution < -0.4 is 10.1 Å². The van der Waals surface area contributed by atoms with Crippen LogP contribution in [0, 0.1) is 6.92 Å². The van der Waals surface area contributed by atoms with E-state index < -0.39 is 0 Å². The molecule has 2 N–H and O–H groups in total. The summed E-state index contributed by atoms with van der Waals surface area (Å²) >= 11 is 5.95. The van der Waals surface area contributed by atoms with Crippen molar-refractivity contribution in [3.8, 4) is 11.5 Å². The van der Waals surface area contributed by atoms with Gasteiger partial charge in [-0.15, -0.1) is 0 Å². The molecule has 0 spiro atoms. The molecule has 19 heavy (non-hydrogen) atoms. The molecular formula is C13H15ClN2O3. The van der Waals surface area contributed by atoms with Crippen molar-refractivity contribution in [2.75, 3.05) is 7.11 Å². The first-order valence-electron chi connectivity index (χ1n) is 5.78. The lowest BCUT2D eigenvalue weighted by molar-refractivity contribution is 0.369. The van der Waals surface area contributed by atoms with Crippen molar-refractivity contribution in [1.82, 2.24) is 10.5 Å². The second kappa shape index (κ2) is 5.95. The van der Waals surface area contributed by atoms with Crippen molar-refractivity contribution in [3.63, 3.8) is 0 Å². The summed E-state index contributed by atoms with van der Waals surface area (Å²) < 4.78 is 10.0. The minimum atomic E-state index is 0.0933. The molecule has 0 saturated carbocycles. The van der Waals surface area contributed by atoms with Gasteiger partial charge in [0.2, 0.25) is 0 Å². The van der Waals surface area contributed by atoms with E-state index in [1.807, 2.05) is 13.0 Å². The number of benzene rings is 1. The molecule has 2 aromatic rings. The highest BCUT2D eigenvalue weighted by molar-refractivity contribution is 6.30. The monoisotopic (exact) mass is 282 g/mol. The van der Waals surface area contributed by atoms with Gasteiger partial charge in [0, 0.05) is 35.8 Å². The average molecular weight is 283 g/mol. The first kappa shape index (κ1) is 13.7. The predicted molar refractivity (Wildman–Crippen MR) is 71.5 cm³/mol. The van der Waals surface area contributed by atoms with E-state index in [1.165, 1.54) is 7.11 Å². The van der Waals surface area contributed by atoms with Crippen LogP contribution >= 0.6 is 11.6 Å². The smallest absolute Gasteiger partial charge is 0.162 e. The summed E-state index contributed by atoms with van der Waals surface area (Å²) in [5, 5.41) is 17.5. The van der Waals surface area contributed by atoms with Crippen molar-refractivity contribution >= 4 is 11.6 Å². The molecule has 0 bridgehead atoms. The topological polar surface area (TPSA) is 67.5 Å². The summed E-state index contributed by atoms with van der Waals surface area (Å²) in [6.07, 6.45) is 0. The number of aromatic hydroxyl groups is 1. The van der Waals surface area contributed by atoms with Gasteiger partial charge in [-0.2, -0.15) is 0 Å². The number of nitrogens with one attached hydrogen (secondary N) is 1. The maximum atomic E-state index is 9.96. The number of aromatic nitrogens is 1. The molecule has 5 nitrogen and oxygen atoms in total. The maximum Gasteiger partial charge on any atom is 0.162 e. The van der Waals surface area contributed by atoms with Crippen molar-refractivity contribution in [3.05, 3.63) is 40.2 Å².